The third-order valence-electron chi connectivity index (χ3n) is 3.89. The Hall–Kier alpha value is -1.53. The predicted molar refractivity (Wildman–Crippen MR) is 76.1 cm³/mol. The van der Waals surface area contributed by atoms with Crippen LogP contribution in [0.25, 0.3) is 0 Å². The molecule has 1 aliphatic rings. The van der Waals surface area contributed by atoms with Gasteiger partial charge in [0.25, 0.3) is 0 Å². The lowest BCUT2D eigenvalue weighted by molar-refractivity contribution is 0.105. The zero-order valence-corrected chi connectivity index (χ0v) is 11.8. The first kappa shape index (κ1) is 13.9. The SMILES string of the molecule is CC1CCC(C)N(CCOc2ccccc2C#N)C1. The molecule has 1 aromatic carbocycles. The number of nitrogens with zero attached hydrogens (tertiary/aromatic N) is 2. The van der Waals surface area contributed by atoms with E-state index in [2.05, 4.69) is 24.8 Å². The normalized spacial score (nSPS) is 23.8. The third kappa shape index (κ3) is 3.71. The van der Waals surface area contributed by atoms with Crippen molar-refractivity contribution < 1.29 is 4.74 Å². The van der Waals surface area contributed by atoms with Crippen LogP contribution in [0.15, 0.2) is 24.3 Å². The summed E-state index contributed by atoms with van der Waals surface area (Å²) in [6.07, 6.45) is 2.60. The Labute approximate surface area is 115 Å². The number of hydrogen-bond acceptors (Lipinski definition) is 3. The van der Waals surface area contributed by atoms with E-state index >= 15 is 0 Å². The maximum absolute atomic E-state index is 9.00. The molecule has 0 aromatic heterocycles. The first-order valence-electron chi connectivity index (χ1n) is 7.06. The Morgan fingerprint density at radius 3 is 2.89 bits per heavy atom. The van der Waals surface area contributed by atoms with E-state index in [1.54, 1.807) is 6.07 Å². The summed E-state index contributed by atoms with van der Waals surface area (Å²) in [4.78, 5) is 2.49. The molecular weight excluding hydrogens is 236 g/mol. The van der Waals surface area contributed by atoms with Crippen LogP contribution in [0.1, 0.15) is 32.3 Å². The summed E-state index contributed by atoms with van der Waals surface area (Å²) in [6.45, 7) is 7.34. The van der Waals surface area contributed by atoms with Crippen molar-refractivity contribution in [3.8, 4) is 11.8 Å². The summed E-state index contributed by atoms with van der Waals surface area (Å²) in [5, 5.41) is 9.00. The number of ether oxygens (including phenoxy) is 1. The number of benzene rings is 1. The number of para-hydroxylation sites is 1. The third-order valence-corrected chi connectivity index (χ3v) is 3.89. The van der Waals surface area contributed by atoms with Crippen molar-refractivity contribution in [1.29, 1.82) is 5.26 Å². The van der Waals surface area contributed by atoms with E-state index in [0.717, 1.165) is 19.0 Å². The second-order valence-electron chi connectivity index (χ2n) is 5.48. The van der Waals surface area contributed by atoms with E-state index in [9.17, 15) is 0 Å². The van der Waals surface area contributed by atoms with Gasteiger partial charge in [-0.1, -0.05) is 19.1 Å². The van der Waals surface area contributed by atoms with Crippen LogP contribution in [-0.2, 0) is 0 Å². The summed E-state index contributed by atoms with van der Waals surface area (Å²) in [6, 6.07) is 10.2. The highest BCUT2D eigenvalue weighted by Gasteiger charge is 2.22. The number of rotatable bonds is 4. The van der Waals surface area contributed by atoms with Crippen LogP contribution in [0.4, 0.5) is 0 Å². The lowest BCUT2D eigenvalue weighted by Gasteiger charge is -2.36. The van der Waals surface area contributed by atoms with Crippen molar-refractivity contribution in [3.63, 3.8) is 0 Å². The van der Waals surface area contributed by atoms with Crippen LogP contribution in [-0.4, -0.2) is 30.6 Å². The maximum atomic E-state index is 9.00. The molecule has 0 aliphatic carbocycles. The minimum absolute atomic E-state index is 0.613. The zero-order valence-electron chi connectivity index (χ0n) is 11.8. The topological polar surface area (TPSA) is 36.3 Å². The quantitative estimate of drug-likeness (QED) is 0.832. The second kappa shape index (κ2) is 6.58. The lowest BCUT2D eigenvalue weighted by atomic mass is 9.95. The van der Waals surface area contributed by atoms with Gasteiger partial charge in [0.1, 0.15) is 18.4 Å². The van der Waals surface area contributed by atoms with Gasteiger partial charge in [-0.2, -0.15) is 5.26 Å². The van der Waals surface area contributed by atoms with E-state index < -0.39 is 0 Å². The molecule has 1 saturated heterocycles. The van der Waals surface area contributed by atoms with Gasteiger partial charge in [-0.15, -0.1) is 0 Å². The standard InChI is InChI=1S/C16H22N2O/c1-13-7-8-14(2)18(12-13)9-10-19-16-6-4-3-5-15(16)11-17/h3-6,13-14H,7-10,12H2,1-2H3. The van der Waals surface area contributed by atoms with Gasteiger partial charge in [-0.3, -0.25) is 4.90 Å². The van der Waals surface area contributed by atoms with Crippen LogP contribution in [0.3, 0.4) is 0 Å². The highest BCUT2D eigenvalue weighted by atomic mass is 16.5. The summed E-state index contributed by atoms with van der Waals surface area (Å²) in [5.41, 5.74) is 0.613. The molecule has 1 aliphatic heterocycles. The average molecular weight is 258 g/mol. The van der Waals surface area contributed by atoms with Gasteiger partial charge < -0.3 is 4.74 Å². The van der Waals surface area contributed by atoms with Gasteiger partial charge in [-0.05, 0) is 37.8 Å². The molecule has 102 valence electrons. The molecule has 2 unspecified atom stereocenters. The van der Waals surface area contributed by atoms with E-state index in [4.69, 9.17) is 10.00 Å². The van der Waals surface area contributed by atoms with Crippen LogP contribution in [0.5, 0.6) is 5.75 Å². The molecule has 0 saturated carbocycles. The first-order valence-corrected chi connectivity index (χ1v) is 7.06. The molecule has 19 heavy (non-hydrogen) atoms. The fraction of sp³-hybridized carbons (Fsp3) is 0.562. The molecule has 1 fully saturated rings. The van der Waals surface area contributed by atoms with Crippen molar-refractivity contribution in [3.05, 3.63) is 29.8 Å². The van der Waals surface area contributed by atoms with E-state index in [0.29, 0.717) is 24.0 Å². The molecule has 0 radical (unpaired) electrons. The monoisotopic (exact) mass is 258 g/mol. The molecule has 3 heteroatoms. The molecule has 0 bridgehead atoms. The van der Waals surface area contributed by atoms with E-state index in [1.807, 2.05) is 18.2 Å². The fourth-order valence-electron chi connectivity index (χ4n) is 2.65. The summed E-state index contributed by atoms with van der Waals surface area (Å²) in [5.74, 6) is 1.48. The second-order valence-corrected chi connectivity index (χ2v) is 5.48. The Bertz CT molecular complexity index is 452. The molecule has 3 nitrogen and oxygen atoms in total. The molecule has 2 rings (SSSR count). The number of piperidine rings is 1. The zero-order chi connectivity index (χ0) is 13.7. The first-order chi connectivity index (χ1) is 9.20. The molecule has 2 atom stereocenters. The van der Waals surface area contributed by atoms with Gasteiger partial charge in [0.2, 0.25) is 0 Å². The Morgan fingerprint density at radius 1 is 1.32 bits per heavy atom. The number of nitriles is 1. The van der Waals surface area contributed by atoms with E-state index in [-0.39, 0.29) is 0 Å². The summed E-state index contributed by atoms with van der Waals surface area (Å²) < 4.78 is 5.75. The van der Waals surface area contributed by atoms with Gasteiger partial charge in [-0.25, -0.2) is 0 Å². The van der Waals surface area contributed by atoms with Crippen LogP contribution in [0, 0.1) is 17.2 Å². The molecule has 1 aromatic rings. The van der Waals surface area contributed by atoms with Gasteiger partial charge in [0, 0.05) is 19.1 Å². The van der Waals surface area contributed by atoms with Crippen LogP contribution in [0.2, 0.25) is 0 Å². The fourth-order valence-corrected chi connectivity index (χ4v) is 2.65. The predicted octanol–water partition coefficient (Wildman–Crippen LogP) is 3.06. The van der Waals surface area contributed by atoms with Crippen LogP contribution >= 0.6 is 0 Å². The van der Waals surface area contributed by atoms with Crippen molar-refractivity contribution in [2.45, 2.75) is 32.7 Å². The van der Waals surface area contributed by atoms with Crippen molar-refractivity contribution in [2.75, 3.05) is 19.7 Å². The van der Waals surface area contributed by atoms with Gasteiger partial charge in [0.15, 0.2) is 0 Å². The highest BCUT2D eigenvalue weighted by molar-refractivity contribution is 5.42. The molecule has 0 amide bonds. The minimum Gasteiger partial charge on any atom is -0.491 e. The number of hydrogen-bond donors (Lipinski definition) is 0. The van der Waals surface area contributed by atoms with Crippen LogP contribution < -0.4 is 4.74 Å². The van der Waals surface area contributed by atoms with Gasteiger partial charge >= 0.3 is 0 Å². The molecule has 0 N–H and O–H groups in total. The Balaban J connectivity index is 1.84. The Kier molecular flexibility index (Phi) is 4.81. The minimum atomic E-state index is 0.613. The smallest absolute Gasteiger partial charge is 0.137 e. The highest BCUT2D eigenvalue weighted by Crippen LogP contribution is 2.21. The molecule has 1 heterocycles. The average Bonchev–Trinajstić information content (AvgIpc) is 2.43. The van der Waals surface area contributed by atoms with E-state index in [1.165, 1.54) is 12.8 Å². The number of likely N-dealkylation sites (tertiary alicyclic amines) is 1. The van der Waals surface area contributed by atoms with Crippen molar-refractivity contribution >= 4 is 0 Å². The maximum Gasteiger partial charge on any atom is 0.137 e. The largest absolute Gasteiger partial charge is 0.491 e. The van der Waals surface area contributed by atoms with Crippen molar-refractivity contribution in [2.24, 2.45) is 5.92 Å². The molecular formula is C16H22N2O. The summed E-state index contributed by atoms with van der Waals surface area (Å²) in [7, 11) is 0. The van der Waals surface area contributed by atoms with Crippen molar-refractivity contribution in [1.82, 2.24) is 4.90 Å². The lowest BCUT2D eigenvalue weighted by Crippen LogP contribution is -2.43. The summed E-state index contributed by atoms with van der Waals surface area (Å²) >= 11 is 0. The van der Waals surface area contributed by atoms with Gasteiger partial charge in [0.05, 0.1) is 5.56 Å². The molecule has 0 spiro atoms. The Morgan fingerprint density at radius 2 is 2.11 bits per heavy atom.